The highest BCUT2D eigenvalue weighted by atomic mass is 35.5. The van der Waals surface area contributed by atoms with E-state index in [4.69, 9.17) is 0 Å². The minimum atomic E-state index is 0. The molecule has 0 bridgehead atoms. The van der Waals surface area contributed by atoms with Gasteiger partial charge in [0, 0.05) is 0 Å². The molecular weight excluding hydrogens is 506 g/mol. The second-order valence-electron chi connectivity index (χ2n) is 14.2. The fourth-order valence-electron chi connectivity index (χ4n) is 6.42. The highest BCUT2D eigenvalue weighted by molar-refractivity contribution is 4.61. The molecule has 0 saturated carbocycles. The average Bonchev–Trinajstić information content (AvgIpc) is 2.91. The topological polar surface area (TPSA) is 0 Å². The molecule has 0 aromatic heterocycles. The number of rotatable bonds is 33. The standard InChI is InChI=1S/C38H80N.ClH/c1-6-8-10-12-14-16-18-20-22-23-25-27-29-31-33-35-37-38(39(3,4)5)36-34-32-30-28-26-24-21-19-17-15-13-11-9-7-2;/h38H,6-37H2,1-5H3;1H/q+1;/p-1. The van der Waals surface area contributed by atoms with Crippen LogP contribution in [-0.4, -0.2) is 31.7 Å². The van der Waals surface area contributed by atoms with Gasteiger partial charge in [0.1, 0.15) is 0 Å². The highest BCUT2D eigenvalue weighted by Gasteiger charge is 2.22. The molecule has 1 nitrogen and oxygen atoms in total. The van der Waals surface area contributed by atoms with E-state index in [0.29, 0.717) is 0 Å². The molecule has 0 heterocycles. The van der Waals surface area contributed by atoms with Crippen LogP contribution in [0.4, 0.5) is 0 Å². The molecule has 244 valence electrons. The maximum atomic E-state index is 2.43. The smallest absolute Gasteiger partial charge is 0.0884 e. The van der Waals surface area contributed by atoms with Gasteiger partial charge < -0.3 is 16.9 Å². The monoisotopic (exact) mass is 586 g/mol. The Morgan fingerprint density at radius 1 is 0.300 bits per heavy atom. The Morgan fingerprint density at radius 3 is 0.650 bits per heavy atom. The summed E-state index contributed by atoms with van der Waals surface area (Å²) in [5.41, 5.74) is 0. The van der Waals surface area contributed by atoms with Crippen LogP contribution in [0, 0.1) is 0 Å². The minimum absolute atomic E-state index is 0. The van der Waals surface area contributed by atoms with E-state index in [2.05, 4.69) is 35.0 Å². The largest absolute Gasteiger partial charge is 1.00 e. The summed E-state index contributed by atoms with van der Waals surface area (Å²) in [5, 5.41) is 0. The van der Waals surface area contributed by atoms with Gasteiger partial charge in [0.2, 0.25) is 0 Å². The van der Waals surface area contributed by atoms with Gasteiger partial charge in [0.25, 0.3) is 0 Å². The van der Waals surface area contributed by atoms with Gasteiger partial charge in [-0.05, 0) is 25.7 Å². The van der Waals surface area contributed by atoms with Gasteiger partial charge in [0.15, 0.2) is 0 Å². The van der Waals surface area contributed by atoms with E-state index in [0.717, 1.165) is 10.5 Å². The molecule has 0 aliphatic carbocycles. The second-order valence-corrected chi connectivity index (χ2v) is 14.2. The Hall–Kier alpha value is 0.250. The molecule has 0 aromatic rings. The molecule has 2 heteroatoms. The summed E-state index contributed by atoms with van der Waals surface area (Å²) in [6.45, 7) is 4.62. The van der Waals surface area contributed by atoms with Crippen molar-refractivity contribution >= 4 is 0 Å². The zero-order valence-electron chi connectivity index (χ0n) is 29.0. The number of quaternary nitrogens is 1. The molecule has 0 amide bonds. The molecule has 0 aromatic carbocycles. The SMILES string of the molecule is CCCCCCCCCCCCCCCCCCC(CCCCCCCCCCCCCCCC)[N+](C)(C)C.[Cl-]. The van der Waals surface area contributed by atoms with Crippen LogP contribution in [0.2, 0.25) is 0 Å². The summed E-state index contributed by atoms with van der Waals surface area (Å²) in [7, 11) is 7.29. The molecule has 0 aliphatic rings. The second kappa shape index (κ2) is 33.7. The molecule has 0 saturated heterocycles. The van der Waals surface area contributed by atoms with Crippen LogP contribution < -0.4 is 12.4 Å². The van der Waals surface area contributed by atoms with Gasteiger partial charge >= 0.3 is 0 Å². The predicted octanol–water partition coefficient (Wildman–Crippen LogP) is 10.6. The normalized spacial score (nSPS) is 12.5. The van der Waals surface area contributed by atoms with Gasteiger partial charge in [-0.3, -0.25) is 0 Å². The molecule has 0 spiro atoms. The van der Waals surface area contributed by atoms with Crippen molar-refractivity contribution in [1.82, 2.24) is 0 Å². The molecule has 0 radical (unpaired) electrons. The van der Waals surface area contributed by atoms with E-state index in [1.807, 2.05) is 0 Å². The van der Waals surface area contributed by atoms with E-state index in [1.54, 1.807) is 0 Å². The first kappa shape index (κ1) is 42.4. The zero-order chi connectivity index (χ0) is 28.7. The van der Waals surface area contributed by atoms with Crippen molar-refractivity contribution < 1.29 is 16.9 Å². The number of hydrogen-bond donors (Lipinski definition) is 0. The van der Waals surface area contributed by atoms with Gasteiger partial charge in [-0.2, -0.15) is 0 Å². The Morgan fingerprint density at radius 2 is 0.475 bits per heavy atom. The Kier molecular flexibility index (Phi) is 35.8. The summed E-state index contributed by atoms with van der Waals surface area (Å²) in [5.74, 6) is 0. The van der Waals surface area contributed by atoms with Crippen LogP contribution >= 0.6 is 0 Å². The highest BCUT2D eigenvalue weighted by Crippen LogP contribution is 2.21. The van der Waals surface area contributed by atoms with E-state index in [-0.39, 0.29) is 12.4 Å². The summed E-state index contributed by atoms with van der Waals surface area (Å²) >= 11 is 0. The Bertz CT molecular complexity index is 443. The number of nitrogens with zero attached hydrogens (tertiary/aromatic N) is 1. The molecular formula is C38H80ClN. The van der Waals surface area contributed by atoms with Crippen molar-refractivity contribution in [3.63, 3.8) is 0 Å². The van der Waals surface area contributed by atoms with Crippen LogP contribution in [0.3, 0.4) is 0 Å². The third kappa shape index (κ3) is 32.8. The first-order chi connectivity index (χ1) is 19.0. The molecule has 0 rings (SSSR count). The van der Waals surface area contributed by atoms with Crippen molar-refractivity contribution in [2.45, 2.75) is 225 Å². The Labute approximate surface area is 262 Å². The van der Waals surface area contributed by atoms with E-state index < -0.39 is 0 Å². The quantitative estimate of drug-likeness (QED) is 0.0530. The van der Waals surface area contributed by atoms with Crippen molar-refractivity contribution in [3.05, 3.63) is 0 Å². The van der Waals surface area contributed by atoms with Crippen molar-refractivity contribution in [2.75, 3.05) is 21.1 Å². The van der Waals surface area contributed by atoms with Crippen LogP contribution in [0.1, 0.15) is 219 Å². The van der Waals surface area contributed by atoms with Crippen molar-refractivity contribution in [1.29, 1.82) is 0 Å². The zero-order valence-corrected chi connectivity index (χ0v) is 29.8. The first-order valence-corrected chi connectivity index (χ1v) is 18.8. The lowest BCUT2D eigenvalue weighted by Crippen LogP contribution is -3.00. The number of hydrogen-bond acceptors (Lipinski definition) is 0. The fourth-order valence-corrected chi connectivity index (χ4v) is 6.42. The van der Waals surface area contributed by atoms with Gasteiger partial charge in [-0.1, -0.05) is 194 Å². The maximum absolute atomic E-state index is 2.43. The molecule has 1 unspecified atom stereocenters. The van der Waals surface area contributed by atoms with Crippen molar-refractivity contribution in [2.24, 2.45) is 0 Å². The van der Waals surface area contributed by atoms with Crippen LogP contribution in [-0.2, 0) is 0 Å². The lowest BCUT2D eigenvalue weighted by atomic mass is 9.97. The summed E-state index contributed by atoms with van der Waals surface area (Å²) in [6.07, 6.45) is 46.9. The lowest BCUT2D eigenvalue weighted by molar-refractivity contribution is -0.896. The molecule has 40 heavy (non-hydrogen) atoms. The fraction of sp³-hybridized carbons (Fsp3) is 1.00. The van der Waals surface area contributed by atoms with Crippen LogP contribution in [0.5, 0.6) is 0 Å². The lowest BCUT2D eigenvalue weighted by Gasteiger charge is -2.34. The third-order valence-electron chi connectivity index (χ3n) is 9.38. The number of halogens is 1. The predicted molar refractivity (Wildman–Crippen MR) is 181 cm³/mol. The molecule has 0 aliphatic heterocycles. The minimum Gasteiger partial charge on any atom is -1.00 e. The van der Waals surface area contributed by atoms with Gasteiger partial charge in [0.05, 0.1) is 27.2 Å². The van der Waals surface area contributed by atoms with E-state index >= 15 is 0 Å². The van der Waals surface area contributed by atoms with Gasteiger partial charge in [-0.25, -0.2) is 0 Å². The maximum Gasteiger partial charge on any atom is 0.0884 e. The summed E-state index contributed by atoms with van der Waals surface area (Å²) < 4.78 is 1.16. The van der Waals surface area contributed by atoms with Crippen molar-refractivity contribution in [3.8, 4) is 0 Å². The molecule has 0 fully saturated rings. The first-order valence-electron chi connectivity index (χ1n) is 18.8. The van der Waals surface area contributed by atoms with E-state index in [9.17, 15) is 0 Å². The molecule has 1 atom stereocenters. The van der Waals surface area contributed by atoms with E-state index in [1.165, 1.54) is 205 Å². The summed E-state index contributed by atoms with van der Waals surface area (Å²) in [4.78, 5) is 0. The van der Waals surface area contributed by atoms with Crippen LogP contribution in [0.25, 0.3) is 0 Å². The molecule has 0 N–H and O–H groups in total. The Balaban J connectivity index is 0. The summed E-state index contributed by atoms with van der Waals surface area (Å²) in [6, 6.07) is 0.869. The van der Waals surface area contributed by atoms with Gasteiger partial charge in [-0.15, -0.1) is 0 Å². The van der Waals surface area contributed by atoms with Crippen LogP contribution in [0.15, 0.2) is 0 Å². The average molecular weight is 587 g/mol. The third-order valence-corrected chi connectivity index (χ3v) is 9.38. The number of unbranched alkanes of at least 4 members (excludes halogenated alkanes) is 28.